The monoisotopic (exact) mass is 304 g/mol. The summed E-state index contributed by atoms with van der Waals surface area (Å²) in [6.45, 7) is 1.94. The van der Waals surface area contributed by atoms with Crippen molar-refractivity contribution in [1.82, 2.24) is 19.9 Å². The normalized spacial score (nSPS) is 10.8. The molecule has 2 aromatic heterocycles. The Bertz CT molecular complexity index is 767. The lowest BCUT2D eigenvalue weighted by Gasteiger charge is -2.04. The third-order valence-corrected chi connectivity index (χ3v) is 3.57. The second-order valence-electron chi connectivity index (χ2n) is 4.33. The Balaban J connectivity index is 2.04. The maximum absolute atomic E-state index is 6.03. The van der Waals surface area contributed by atoms with Gasteiger partial charge in [-0.1, -0.05) is 29.3 Å². The van der Waals surface area contributed by atoms with Crippen LogP contribution in [0.25, 0.3) is 22.8 Å². The van der Waals surface area contributed by atoms with E-state index in [-0.39, 0.29) is 0 Å². The zero-order valence-electron chi connectivity index (χ0n) is 10.6. The van der Waals surface area contributed by atoms with Gasteiger partial charge in [0.2, 0.25) is 0 Å². The number of rotatable bonds is 2. The predicted octanol–water partition coefficient (Wildman–Crippen LogP) is 4.15. The van der Waals surface area contributed by atoms with Gasteiger partial charge in [0.05, 0.1) is 15.7 Å². The van der Waals surface area contributed by atoms with Gasteiger partial charge in [0.15, 0.2) is 5.82 Å². The second-order valence-corrected chi connectivity index (χ2v) is 5.15. The average molecular weight is 305 g/mol. The fourth-order valence-corrected chi connectivity index (χ4v) is 2.14. The molecule has 0 saturated heterocycles. The smallest absolute Gasteiger partial charge is 0.156 e. The van der Waals surface area contributed by atoms with Gasteiger partial charge in [0.1, 0.15) is 12.0 Å². The number of hydrogen-bond donors (Lipinski definition) is 1. The van der Waals surface area contributed by atoms with Crippen molar-refractivity contribution in [2.45, 2.75) is 6.92 Å². The van der Waals surface area contributed by atoms with E-state index in [1.54, 1.807) is 18.3 Å². The fraction of sp³-hybridized carbons (Fsp3) is 0.0714. The van der Waals surface area contributed by atoms with Crippen molar-refractivity contribution < 1.29 is 0 Å². The standard InChI is InChI=1S/C14H10Cl2N4/c1-8-6-17-14(20-8)13-5-12(18-7-19-13)9-2-3-10(15)11(16)4-9/h2-7H,1H3,(H,17,20). The molecule has 3 rings (SSSR count). The second kappa shape index (κ2) is 5.23. The van der Waals surface area contributed by atoms with E-state index in [0.717, 1.165) is 22.6 Å². The molecule has 1 aromatic carbocycles. The first kappa shape index (κ1) is 13.1. The van der Waals surface area contributed by atoms with Crippen molar-refractivity contribution in [2.24, 2.45) is 0 Å². The van der Waals surface area contributed by atoms with Crippen molar-refractivity contribution >= 4 is 23.2 Å². The number of halogens is 2. The molecule has 4 nitrogen and oxygen atoms in total. The third kappa shape index (κ3) is 2.53. The van der Waals surface area contributed by atoms with Crippen LogP contribution in [0.5, 0.6) is 0 Å². The van der Waals surface area contributed by atoms with Gasteiger partial charge in [-0.25, -0.2) is 15.0 Å². The van der Waals surface area contributed by atoms with Gasteiger partial charge < -0.3 is 4.98 Å². The zero-order valence-corrected chi connectivity index (χ0v) is 12.1. The molecule has 0 spiro atoms. The molecule has 0 saturated carbocycles. The quantitative estimate of drug-likeness (QED) is 0.774. The van der Waals surface area contributed by atoms with Crippen molar-refractivity contribution in [3.8, 4) is 22.8 Å². The minimum Gasteiger partial charge on any atom is -0.341 e. The Morgan fingerprint density at radius 1 is 0.950 bits per heavy atom. The van der Waals surface area contributed by atoms with Crippen LogP contribution in [-0.4, -0.2) is 19.9 Å². The number of benzene rings is 1. The molecule has 0 aliphatic heterocycles. The van der Waals surface area contributed by atoms with Gasteiger partial charge in [0.25, 0.3) is 0 Å². The Morgan fingerprint density at radius 3 is 2.45 bits per heavy atom. The van der Waals surface area contributed by atoms with Crippen LogP contribution in [0.2, 0.25) is 10.0 Å². The van der Waals surface area contributed by atoms with Crippen molar-refractivity contribution in [3.05, 3.63) is 52.5 Å². The Morgan fingerprint density at radius 2 is 1.75 bits per heavy atom. The molecule has 0 bridgehead atoms. The molecule has 0 fully saturated rings. The fourth-order valence-electron chi connectivity index (χ4n) is 1.84. The highest BCUT2D eigenvalue weighted by Gasteiger charge is 2.08. The summed E-state index contributed by atoms with van der Waals surface area (Å²) in [6.07, 6.45) is 3.27. The highest BCUT2D eigenvalue weighted by atomic mass is 35.5. The molecular weight excluding hydrogens is 295 g/mol. The van der Waals surface area contributed by atoms with Gasteiger partial charge in [-0.15, -0.1) is 0 Å². The molecule has 0 aliphatic carbocycles. The molecule has 6 heteroatoms. The van der Waals surface area contributed by atoms with E-state index in [9.17, 15) is 0 Å². The largest absolute Gasteiger partial charge is 0.341 e. The summed E-state index contributed by atoms with van der Waals surface area (Å²) < 4.78 is 0. The molecule has 0 aliphatic rings. The van der Waals surface area contributed by atoms with Gasteiger partial charge in [-0.3, -0.25) is 0 Å². The van der Waals surface area contributed by atoms with E-state index in [0.29, 0.717) is 15.9 Å². The van der Waals surface area contributed by atoms with Crippen molar-refractivity contribution in [3.63, 3.8) is 0 Å². The van der Waals surface area contributed by atoms with E-state index in [1.165, 1.54) is 6.33 Å². The van der Waals surface area contributed by atoms with Crippen molar-refractivity contribution in [2.75, 3.05) is 0 Å². The molecule has 1 N–H and O–H groups in total. The molecule has 100 valence electrons. The lowest BCUT2D eigenvalue weighted by Crippen LogP contribution is -1.91. The summed E-state index contributed by atoms with van der Waals surface area (Å²) in [5.74, 6) is 0.714. The van der Waals surface area contributed by atoms with E-state index in [1.807, 2.05) is 19.1 Å². The summed E-state index contributed by atoms with van der Waals surface area (Å²) in [6, 6.07) is 7.26. The summed E-state index contributed by atoms with van der Waals surface area (Å²) in [7, 11) is 0. The number of aromatic nitrogens is 4. The number of aryl methyl sites for hydroxylation is 1. The number of aromatic amines is 1. The molecule has 20 heavy (non-hydrogen) atoms. The first-order valence-electron chi connectivity index (χ1n) is 5.93. The average Bonchev–Trinajstić information content (AvgIpc) is 2.89. The van der Waals surface area contributed by atoms with Gasteiger partial charge in [-0.2, -0.15) is 0 Å². The van der Waals surface area contributed by atoms with Crippen molar-refractivity contribution in [1.29, 1.82) is 0 Å². The van der Waals surface area contributed by atoms with E-state index in [2.05, 4.69) is 19.9 Å². The van der Waals surface area contributed by atoms with Crippen LogP contribution < -0.4 is 0 Å². The topological polar surface area (TPSA) is 54.5 Å². The van der Waals surface area contributed by atoms with E-state index >= 15 is 0 Å². The van der Waals surface area contributed by atoms with Crippen LogP contribution >= 0.6 is 23.2 Å². The van der Waals surface area contributed by atoms with Gasteiger partial charge in [-0.05, 0) is 25.1 Å². The summed E-state index contributed by atoms with van der Waals surface area (Å²) in [4.78, 5) is 15.9. The predicted molar refractivity (Wildman–Crippen MR) is 79.8 cm³/mol. The zero-order chi connectivity index (χ0) is 14.1. The summed E-state index contributed by atoms with van der Waals surface area (Å²) in [5.41, 5.74) is 3.36. The number of nitrogens with zero attached hydrogens (tertiary/aromatic N) is 3. The maximum Gasteiger partial charge on any atom is 0.156 e. The van der Waals surface area contributed by atoms with Crippen LogP contribution in [0.15, 0.2) is 36.8 Å². The van der Waals surface area contributed by atoms with Crippen LogP contribution in [0.3, 0.4) is 0 Å². The minimum absolute atomic E-state index is 0.498. The number of imidazole rings is 1. The Hall–Kier alpha value is -1.91. The molecule has 3 aromatic rings. The molecule has 0 unspecified atom stereocenters. The minimum atomic E-state index is 0.498. The summed E-state index contributed by atoms with van der Waals surface area (Å²) >= 11 is 11.9. The maximum atomic E-state index is 6.03. The molecular formula is C14H10Cl2N4. The van der Waals surface area contributed by atoms with Gasteiger partial charge in [0, 0.05) is 17.5 Å². The third-order valence-electron chi connectivity index (χ3n) is 2.83. The Kier molecular flexibility index (Phi) is 3.42. The first-order valence-corrected chi connectivity index (χ1v) is 6.68. The van der Waals surface area contributed by atoms with Crippen LogP contribution in [0.1, 0.15) is 5.69 Å². The van der Waals surface area contributed by atoms with Crippen LogP contribution in [0.4, 0.5) is 0 Å². The van der Waals surface area contributed by atoms with Gasteiger partial charge >= 0.3 is 0 Å². The van der Waals surface area contributed by atoms with E-state index in [4.69, 9.17) is 23.2 Å². The molecule has 0 atom stereocenters. The highest BCUT2D eigenvalue weighted by molar-refractivity contribution is 6.42. The Labute approximate surface area is 125 Å². The summed E-state index contributed by atoms with van der Waals surface area (Å²) in [5, 5.41) is 1.02. The SMILES string of the molecule is Cc1cnc(-c2cc(-c3ccc(Cl)c(Cl)c3)ncn2)[nH]1. The number of H-pyrrole nitrogens is 1. The molecule has 0 amide bonds. The van der Waals surface area contributed by atoms with Crippen LogP contribution in [-0.2, 0) is 0 Å². The number of hydrogen-bond acceptors (Lipinski definition) is 3. The lowest BCUT2D eigenvalue weighted by molar-refractivity contribution is 1.14. The van der Waals surface area contributed by atoms with E-state index < -0.39 is 0 Å². The molecule has 2 heterocycles. The lowest BCUT2D eigenvalue weighted by atomic mass is 10.1. The first-order chi connectivity index (χ1) is 9.63. The highest BCUT2D eigenvalue weighted by Crippen LogP contribution is 2.28. The number of nitrogens with one attached hydrogen (secondary N) is 1. The van der Waals surface area contributed by atoms with Crippen LogP contribution in [0, 0.1) is 6.92 Å². The molecule has 0 radical (unpaired) electrons.